The Morgan fingerprint density at radius 1 is 0.846 bits per heavy atom. The van der Waals surface area contributed by atoms with Crippen molar-refractivity contribution in [2.24, 2.45) is 17.6 Å². The minimum absolute atomic E-state index is 0.0695. The first-order chi connectivity index (χ1) is 17.9. The first kappa shape index (κ1) is 35.8. The molecule has 39 heavy (non-hydrogen) atoms. The number of carbonyl (C=O) groups excluding carboxylic acids is 2. The fraction of sp³-hybridized carbons (Fsp3) is 0.500. The number of aryl methyl sites for hydroxylation is 4. The van der Waals surface area contributed by atoms with Gasteiger partial charge in [-0.3, -0.25) is 9.59 Å². The van der Waals surface area contributed by atoms with Crippen LogP contribution in [0.5, 0.6) is 0 Å². The highest BCUT2D eigenvalue weighted by Gasteiger charge is 2.30. The van der Waals surface area contributed by atoms with Gasteiger partial charge in [-0.1, -0.05) is 75.2 Å². The van der Waals surface area contributed by atoms with Crippen molar-refractivity contribution in [1.82, 2.24) is 5.32 Å². The predicted octanol–water partition coefficient (Wildman–Crippen LogP) is 6.40. The van der Waals surface area contributed by atoms with Gasteiger partial charge < -0.3 is 11.1 Å². The molecule has 0 saturated heterocycles. The van der Waals surface area contributed by atoms with Crippen molar-refractivity contribution in [3.05, 3.63) is 69.8 Å². The van der Waals surface area contributed by atoms with E-state index in [1.54, 1.807) is 13.8 Å². The molecule has 0 aliphatic carbocycles. The van der Waals surface area contributed by atoms with E-state index in [-0.39, 0.29) is 23.0 Å². The highest BCUT2D eigenvalue weighted by atomic mass is 35.5. The number of nitriles is 2. The standard InChI is InChI=1S/C16H22N2O.C10H11ClO.C6H12N2/c1-11(2)16(5,10-17)18-15(19)9-14-8-12(3)6-7-13(14)4;1-7-3-4-8(2)9(5-7)6-10(11)12;1-5(2)6(3,8)4-7/h6-8,11H,9H2,1-5H3,(H,18,19);3-5H,6H2,1-2H3;5H,8H2,1-3H3. The third-order valence-corrected chi connectivity index (χ3v) is 7.05. The monoisotopic (exact) mass is 552 g/mol. The summed E-state index contributed by atoms with van der Waals surface area (Å²) in [6.07, 6.45) is 0.645. The number of nitrogens with zero attached hydrogens (tertiary/aromatic N) is 2. The van der Waals surface area contributed by atoms with E-state index in [4.69, 9.17) is 22.6 Å². The molecule has 2 rings (SSSR count). The summed E-state index contributed by atoms with van der Waals surface area (Å²) >= 11 is 5.30. The summed E-state index contributed by atoms with van der Waals surface area (Å²) < 4.78 is 0. The molecule has 7 heteroatoms. The minimum Gasteiger partial charge on any atom is -0.338 e. The number of nitrogens with one attached hydrogen (secondary N) is 1. The molecule has 0 aromatic heterocycles. The van der Waals surface area contributed by atoms with Crippen molar-refractivity contribution in [2.45, 2.75) is 93.2 Å². The van der Waals surface area contributed by atoms with Crippen LogP contribution in [0.3, 0.4) is 0 Å². The van der Waals surface area contributed by atoms with E-state index in [0.29, 0.717) is 12.8 Å². The maximum atomic E-state index is 12.1. The third-order valence-electron chi connectivity index (χ3n) is 6.92. The lowest BCUT2D eigenvalue weighted by Gasteiger charge is -2.27. The molecule has 0 radical (unpaired) electrons. The Morgan fingerprint density at radius 2 is 1.28 bits per heavy atom. The number of nitrogens with two attached hydrogens (primary N) is 1. The van der Waals surface area contributed by atoms with Crippen LogP contribution in [0.1, 0.15) is 74.9 Å². The Labute approximate surface area is 240 Å². The molecule has 2 aromatic rings. The summed E-state index contributed by atoms with van der Waals surface area (Å²) in [5.41, 5.74) is 10.6. The SMILES string of the molecule is CC(C)C(C)(N)C#N.Cc1ccc(C)c(CC(=O)Cl)c1.Cc1ccc(C)c(CC(=O)NC(C)(C#N)C(C)C)c1. The summed E-state index contributed by atoms with van der Waals surface area (Å²) in [5.74, 6) is 0.194. The number of benzene rings is 2. The van der Waals surface area contributed by atoms with Gasteiger partial charge in [-0.2, -0.15) is 10.5 Å². The van der Waals surface area contributed by atoms with E-state index in [1.165, 1.54) is 0 Å². The molecule has 2 atom stereocenters. The van der Waals surface area contributed by atoms with Gasteiger partial charge in [0, 0.05) is 6.42 Å². The summed E-state index contributed by atoms with van der Waals surface area (Å²) in [6.45, 7) is 19.2. The molecule has 0 spiro atoms. The van der Waals surface area contributed by atoms with Crippen molar-refractivity contribution in [2.75, 3.05) is 0 Å². The maximum absolute atomic E-state index is 12.1. The maximum Gasteiger partial charge on any atom is 0.226 e. The van der Waals surface area contributed by atoms with Crippen molar-refractivity contribution in [1.29, 1.82) is 10.5 Å². The second kappa shape index (κ2) is 16.0. The summed E-state index contributed by atoms with van der Waals surface area (Å²) in [5, 5.41) is 20.1. The number of rotatable bonds is 7. The summed E-state index contributed by atoms with van der Waals surface area (Å²) in [4.78, 5) is 22.7. The fourth-order valence-corrected chi connectivity index (χ4v) is 3.21. The Kier molecular flexibility index (Phi) is 14.7. The minimum atomic E-state index is -0.811. The van der Waals surface area contributed by atoms with Gasteiger partial charge in [0.1, 0.15) is 11.1 Å². The zero-order valence-electron chi connectivity index (χ0n) is 25.2. The molecule has 0 aliphatic rings. The molecule has 0 aliphatic heterocycles. The first-order valence-electron chi connectivity index (χ1n) is 13.1. The first-order valence-corrected chi connectivity index (χ1v) is 13.5. The van der Waals surface area contributed by atoms with Crippen molar-refractivity contribution in [3.63, 3.8) is 0 Å². The van der Waals surface area contributed by atoms with Crippen LogP contribution in [0.25, 0.3) is 0 Å². The lowest BCUT2D eigenvalue weighted by atomic mass is 9.89. The molecule has 0 heterocycles. The quantitative estimate of drug-likeness (QED) is 0.385. The number of halogens is 1. The molecule has 0 saturated carbocycles. The molecule has 3 N–H and O–H groups in total. The highest BCUT2D eigenvalue weighted by molar-refractivity contribution is 6.63. The molecule has 0 bridgehead atoms. The van der Waals surface area contributed by atoms with Crippen LogP contribution in [0.15, 0.2) is 36.4 Å². The Morgan fingerprint density at radius 3 is 1.59 bits per heavy atom. The molecule has 2 unspecified atom stereocenters. The average molecular weight is 553 g/mol. The second-order valence-electron chi connectivity index (χ2n) is 11.1. The Hall–Kier alpha value is -3.19. The molecule has 6 nitrogen and oxygen atoms in total. The van der Waals surface area contributed by atoms with Gasteiger partial charge in [-0.15, -0.1) is 0 Å². The van der Waals surface area contributed by atoms with Crippen molar-refractivity contribution in [3.8, 4) is 12.1 Å². The molecule has 212 valence electrons. The van der Waals surface area contributed by atoms with E-state index in [9.17, 15) is 14.9 Å². The van der Waals surface area contributed by atoms with Crippen molar-refractivity contribution >= 4 is 22.8 Å². The third kappa shape index (κ3) is 12.9. The van der Waals surface area contributed by atoms with Gasteiger partial charge in [-0.05, 0) is 87.2 Å². The lowest BCUT2D eigenvalue weighted by Crippen LogP contribution is -2.49. The van der Waals surface area contributed by atoms with Crippen LogP contribution in [0.2, 0.25) is 0 Å². The van der Waals surface area contributed by atoms with E-state index in [0.717, 1.165) is 33.4 Å². The number of hydrogen-bond donors (Lipinski definition) is 2. The smallest absolute Gasteiger partial charge is 0.226 e. The topological polar surface area (TPSA) is 120 Å². The van der Waals surface area contributed by atoms with Gasteiger partial charge in [0.15, 0.2) is 0 Å². The van der Waals surface area contributed by atoms with E-state index in [1.807, 2.05) is 97.9 Å². The normalized spacial score (nSPS) is 13.3. The van der Waals surface area contributed by atoms with Gasteiger partial charge in [0.05, 0.1) is 18.6 Å². The van der Waals surface area contributed by atoms with E-state index >= 15 is 0 Å². The van der Waals surface area contributed by atoms with Crippen LogP contribution in [0.4, 0.5) is 0 Å². The van der Waals surface area contributed by atoms with Crippen LogP contribution in [-0.2, 0) is 22.4 Å². The van der Waals surface area contributed by atoms with E-state index < -0.39 is 11.1 Å². The zero-order chi connectivity index (χ0) is 30.6. The van der Waals surface area contributed by atoms with Gasteiger partial charge in [-0.25, -0.2) is 0 Å². The summed E-state index contributed by atoms with van der Waals surface area (Å²) in [7, 11) is 0. The molecular weight excluding hydrogens is 508 g/mol. The van der Waals surface area contributed by atoms with Crippen molar-refractivity contribution < 1.29 is 9.59 Å². The van der Waals surface area contributed by atoms with Crippen LogP contribution < -0.4 is 11.1 Å². The van der Waals surface area contributed by atoms with Gasteiger partial charge >= 0.3 is 0 Å². The van der Waals surface area contributed by atoms with Crippen LogP contribution >= 0.6 is 11.6 Å². The number of carbonyl (C=O) groups is 2. The highest BCUT2D eigenvalue weighted by Crippen LogP contribution is 2.17. The summed E-state index contributed by atoms with van der Waals surface area (Å²) in [6, 6.07) is 16.3. The second-order valence-corrected chi connectivity index (χ2v) is 11.6. The van der Waals surface area contributed by atoms with E-state index in [2.05, 4.69) is 11.4 Å². The number of amides is 1. The molecular formula is C32H45ClN4O2. The molecule has 0 fully saturated rings. The van der Waals surface area contributed by atoms with Crippen LogP contribution in [0, 0.1) is 62.2 Å². The molecule has 2 aromatic carbocycles. The van der Waals surface area contributed by atoms with Gasteiger partial charge in [0.2, 0.25) is 11.1 Å². The van der Waals surface area contributed by atoms with Crippen LogP contribution in [-0.4, -0.2) is 22.2 Å². The Bertz CT molecular complexity index is 1210. The lowest BCUT2D eigenvalue weighted by molar-refractivity contribution is -0.122. The predicted molar refractivity (Wildman–Crippen MR) is 160 cm³/mol. The fourth-order valence-electron chi connectivity index (χ4n) is 3.07. The zero-order valence-corrected chi connectivity index (χ0v) is 26.0. The Balaban J connectivity index is 0.000000616. The van der Waals surface area contributed by atoms with Gasteiger partial charge in [0.25, 0.3) is 0 Å². The largest absolute Gasteiger partial charge is 0.338 e. The molecule has 1 amide bonds. The average Bonchev–Trinajstić information content (AvgIpc) is 2.83. The number of hydrogen-bond acceptors (Lipinski definition) is 5.